The number of rotatable bonds is 19. The van der Waals surface area contributed by atoms with Crippen molar-refractivity contribution in [1.29, 1.82) is 5.26 Å². The lowest BCUT2D eigenvalue weighted by molar-refractivity contribution is -0.143. The van der Waals surface area contributed by atoms with Crippen molar-refractivity contribution in [3.05, 3.63) is 69.3 Å². The third-order valence-corrected chi connectivity index (χ3v) is 14.6. The number of fused-ring (bicyclic) bond motifs is 2. The number of hydrogen-bond donors (Lipinski definition) is 2. The van der Waals surface area contributed by atoms with Gasteiger partial charge in [-0.3, -0.25) is 14.4 Å². The van der Waals surface area contributed by atoms with Crippen molar-refractivity contribution in [3.8, 4) is 28.9 Å². The SMILES string of the molecule is CCO[Si](CN(CCC(CCC(=O)O)C(=O)O)C(=O)C(C#N)=Cc1ccc(-c2ccc(-c3cc4cc5c6c(c4oc3=O)C(C)(C)CCN6CCC5(C)C)o2)o1)(OCC)OCC. The molecule has 15 nitrogen and oxygen atoms in total. The molecule has 2 aliphatic rings. The van der Waals surface area contributed by atoms with Crippen LogP contribution in [0.1, 0.15) is 97.5 Å². The Bertz CT molecular complexity index is 2400. The van der Waals surface area contributed by atoms with E-state index in [0.29, 0.717) is 11.3 Å². The molecule has 4 aromatic rings. The summed E-state index contributed by atoms with van der Waals surface area (Å²) in [5, 5.41) is 30.1. The van der Waals surface area contributed by atoms with Gasteiger partial charge in [0, 0.05) is 68.6 Å². The normalized spacial score (nSPS) is 16.2. The topological polar surface area (TPSA) is 206 Å². The van der Waals surface area contributed by atoms with Crippen LogP contribution >= 0.6 is 0 Å². The van der Waals surface area contributed by atoms with E-state index < -0.39 is 38.2 Å². The van der Waals surface area contributed by atoms with E-state index in [9.17, 15) is 29.5 Å². The van der Waals surface area contributed by atoms with Crippen LogP contribution in [0.3, 0.4) is 0 Å². The molecule has 5 heterocycles. The van der Waals surface area contributed by atoms with E-state index in [0.717, 1.165) is 36.9 Å². The maximum atomic E-state index is 14.1. The number of hydrogen-bond acceptors (Lipinski definition) is 12. The van der Waals surface area contributed by atoms with Crippen LogP contribution in [-0.4, -0.2) is 87.4 Å². The molecule has 0 radical (unpaired) electrons. The number of aliphatic carboxylic acids is 2. The number of amides is 1. The summed E-state index contributed by atoms with van der Waals surface area (Å²) in [5.74, 6) is -3.18. The lowest BCUT2D eigenvalue weighted by atomic mass is 9.69. The number of benzene rings is 1. The van der Waals surface area contributed by atoms with Crippen LogP contribution in [0.15, 0.2) is 60.0 Å². The molecule has 1 aromatic carbocycles. The second-order valence-corrected chi connectivity index (χ2v) is 19.3. The minimum absolute atomic E-state index is 0.0639. The number of carbonyl (C=O) groups excluding carboxylic acids is 1. The highest BCUT2D eigenvalue weighted by Crippen LogP contribution is 2.52. The first-order valence-corrected chi connectivity index (χ1v) is 22.8. The molecule has 0 aliphatic carbocycles. The van der Waals surface area contributed by atoms with Crippen molar-refractivity contribution >= 4 is 49.4 Å². The molecule has 0 bridgehead atoms. The number of carbonyl (C=O) groups is 3. The Kier molecular flexibility index (Phi) is 13.5. The Labute approximate surface area is 355 Å². The Morgan fingerprint density at radius 1 is 0.902 bits per heavy atom. The molecule has 3 aromatic heterocycles. The van der Waals surface area contributed by atoms with Crippen LogP contribution in [0.2, 0.25) is 0 Å². The van der Waals surface area contributed by atoms with Gasteiger partial charge in [-0.05, 0) is 99.2 Å². The first-order chi connectivity index (χ1) is 29.0. The van der Waals surface area contributed by atoms with Crippen LogP contribution in [0.25, 0.3) is 39.9 Å². The van der Waals surface area contributed by atoms with E-state index in [4.69, 9.17) is 31.6 Å². The molecule has 16 heteroatoms. The van der Waals surface area contributed by atoms with Gasteiger partial charge in [-0.25, -0.2) is 4.79 Å². The zero-order valence-corrected chi connectivity index (χ0v) is 36.9. The molecule has 0 spiro atoms. The predicted molar refractivity (Wildman–Crippen MR) is 229 cm³/mol. The summed E-state index contributed by atoms with van der Waals surface area (Å²) < 4.78 is 36.3. The van der Waals surface area contributed by atoms with Crippen molar-refractivity contribution in [2.75, 3.05) is 50.5 Å². The highest BCUT2D eigenvalue weighted by Gasteiger charge is 2.45. The molecule has 6 rings (SSSR count). The third-order valence-electron chi connectivity index (χ3n) is 11.7. The molecule has 326 valence electrons. The Morgan fingerprint density at radius 2 is 1.52 bits per heavy atom. The molecule has 0 saturated heterocycles. The van der Waals surface area contributed by atoms with E-state index in [2.05, 4.69) is 38.7 Å². The average molecular weight is 858 g/mol. The van der Waals surface area contributed by atoms with E-state index in [1.54, 1.807) is 45.0 Å². The number of carboxylic acids is 2. The molecule has 2 aliphatic heterocycles. The van der Waals surface area contributed by atoms with Crippen LogP contribution in [0.5, 0.6) is 0 Å². The van der Waals surface area contributed by atoms with Crippen molar-refractivity contribution < 1.29 is 51.1 Å². The minimum atomic E-state index is -3.56. The quantitative estimate of drug-likeness (QED) is 0.0400. The molecule has 61 heavy (non-hydrogen) atoms. The van der Waals surface area contributed by atoms with Gasteiger partial charge in [0.25, 0.3) is 5.91 Å². The average Bonchev–Trinajstić information content (AvgIpc) is 3.88. The second-order valence-electron chi connectivity index (χ2n) is 16.8. The largest absolute Gasteiger partial charge is 0.521 e. The van der Waals surface area contributed by atoms with E-state index >= 15 is 0 Å². The number of carboxylic acid groups (broad SMARTS) is 2. The van der Waals surface area contributed by atoms with Gasteiger partial charge in [0.05, 0.1) is 12.1 Å². The van der Waals surface area contributed by atoms with Crippen LogP contribution in [0.4, 0.5) is 5.69 Å². The van der Waals surface area contributed by atoms with Gasteiger partial charge in [-0.2, -0.15) is 5.26 Å². The van der Waals surface area contributed by atoms with E-state index in [1.165, 1.54) is 22.2 Å². The van der Waals surface area contributed by atoms with Gasteiger partial charge in [0.15, 0.2) is 11.5 Å². The zero-order chi connectivity index (χ0) is 44.3. The van der Waals surface area contributed by atoms with Gasteiger partial charge in [-0.15, -0.1) is 0 Å². The summed E-state index contributed by atoms with van der Waals surface area (Å²) in [6.07, 6.45) is 2.42. The summed E-state index contributed by atoms with van der Waals surface area (Å²) in [7, 11) is -3.56. The number of anilines is 1. The smallest absolute Gasteiger partial charge is 0.481 e. The lowest BCUT2D eigenvalue weighted by Crippen LogP contribution is -2.57. The van der Waals surface area contributed by atoms with Crippen LogP contribution in [0, 0.1) is 17.2 Å². The summed E-state index contributed by atoms with van der Waals surface area (Å²) in [6, 6.07) is 12.4. The zero-order valence-electron chi connectivity index (χ0n) is 35.9. The van der Waals surface area contributed by atoms with Crippen molar-refractivity contribution in [1.82, 2.24) is 4.90 Å². The fraction of sp³-hybridized carbons (Fsp3) is 0.489. The Morgan fingerprint density at radius 3 is 2.15 bits per heavy atom. The van der Waals surface area contributed by atoms with E-state index in [-0.39, 0.29) is 91.0 Å². The summed E-state index contributed by atoms with van der Waals surface area (Å²) in [6.45, 7) is 16.6. The highest BCUT2D eigenvalue weighted by molar-refractivity contribution is 6.61. The van der Waals surface area contributed by atoms with Crippen molar-refractivity contribution in [2.45, 2.75) is 91.4 Å². The van der Waals surface area contributed by atoms with Crippen molar-refractivity contribution in [2.24, 2.45) is 5.92 Å². The maximum absolute atomic E-state index is 14.1. The minimum Gasteiger partial charge on any atom is -0.481 e. The fourth-order valence-corrected chi connectivity index (χ4v) is 11.0. The maximum Gasteiger partial charge on any atom is 0.521 e. The predicted octanol–water partition coefficient (Wildman–Crippen LogP) is 7.76. The lowest BCUT2D eigenvalue weighted by Gasteiger charge is -2.48. The first-order valence-electron chi connectivity index (χ1n) is 20.8. The summed E-state index contributed by atoms with van der Waals surface area (Å²) in [4.78, 5) is 54.8. The van der Waals surface area contributed by atoms with E-state index in [1.807, 2.05) is 12.1 Å². The van der Waals surface area contributed by atoms with Crippen LogP contribution < -0.4 is 10.5 Å². The molecule has 0 fully saturated rings. The molecule has 1 amide bonds. The van der Waals surface area contributed by atoms with Gasteiger partial charge < -0.3 is 46.5 Å². The second kappa shape index (κ2) is 18.2. The summed E-state index contributed by atoms with van der Waals surface area (Å²) in [5.41, 5.74) is 3.23. The highest BCUT2D eigenvalue weighted by atomic mass is 28.4. The first kappa shape index (κ1) is 45.1. The Balaban J connectivity index is 1.30. The summed E-state index contributed by atoms with van der Waals surface area (Å²) >= 11 is 0. The van der Waals surface area contributed by atoms with Gasteiger partial charge >= 0.3 is 26.4 Å². The number of nitrogens with zero attached hydrogens (tertiary/aromatic N) is 3. The molecule has 2 N–H and O–H groups in total. The fourth-order valence-electron chi connectivity index (χ4n) is 8.36. The Hall–Kier alpha value is -5.47. The van der Waals surface area contributed by atoms with Gasteiger partial charge in [-0.1, -0.05) is 27.7 Å². The molecular formula is C45H55N3O12Si. The standard InChI is InChI=1S/C45H55N3O12Si/c1-8-55-61(56-9-2,57-10-3)27-48(20-17-28(42(52)53)11-16-37(49)50)41(51)30(26-46)23-31-12-13-35(58-31)36-15-14-34(59-36)32-24-29-25-33-39-38(40(29)60-43(32)54)45(6,7)19-22-47(39)21-18-44(33,4)5/h12-15,23-25,28H,8-11,16-22,27H2,1-7H3,(H,49,50)(H,52,53). The molecule has 1 atom stereocenters. The monoisotopic (exact) mass is 857 g/mol. The number of furan rings is 2. The van der Waals surface area contributed by atoms with Crippen molar-refractivity contribution in [3.63, 3.8) is 0 Å². The molecular weight excluding hydrogens is 803 g/mol. The third kappa shape index (κ3) is 9.55. The molecule has 1 unspecified atom stereocenters. The number of nitriles is 1. The van der Waals surface area contributed by atoms with Gasteiger partial charge in [0.1, 0.15) is 34.3 Å². The van der Waals surface area contributed by atoms with Gasteiger partial charge in [0.2, 0.25) is 0 Å². The van der Waals surface area contributed by atoms with Crippen LogP contribution in [-0.2, 0) is 38.5 Å². The molecule has 0 saturated carbocycles.